The van der Waals surface area contributed by atoms with E-state index in [0.717, 1.165) is 5.39 Å². The molecule has 1 aliphatic rings. The quantitative estimate of drug-likeness (QED) is 0.731. The molecular weight excluding hydrogens is 246 g/mol. The van der Waals surface area contributed by atoms with Crippen molar-refractivity contribution < 1.29 is 9.59 Å². The average molecular weight is 257 g/mol. The molecule has 1 saturated heterocycles. The molecule has 96 valence electrons. The Balaban J connectivity index is 2.10. The zero-order chi connectivity index (χ0) is 13.4. The highest BCUT2D eigenvalue weighted by atomic mass is 16.2. The summed E-state index contributed by atoms with van der Waals surface area (Å²) in [5.74, 6) is 0.207. The molecule has 7 nitrogen and oxygen atoms in total. The summed E-state index contributed by atoms with van der Waals surface area (Å²) in [5.41, 5.74) is 6.95. The highest BCUT2D eigenvalue weighted by Crippen LogP contribution is 2.25. The predicted molar refractivity (Wildman–Crippen MR) is 69.5 cm³/mol. The van der Waals surface area contributed by atoms with Crippen LogP contribution in [0.5, 0.6) is 0 Å². The van der Waals surface area contributed by atoms with E-state index in [4.69, 9.17) is 5.73 Å². The van der Waals surface area contributed by atoms with Crippen molar-refractivity contribution in [3.63, 3.8) is 0 Å². The van der Waals surface area contributed by atoms with Gasteiger partial charge in [0.25, 0.3) is 0 Å². The number of nitrogens with zero attached hydrogens (tertiary/aromatic N) is 3. The van der Waals surface area contributed by atoms with Crippen LogP contribution in [0.1, 0.15) is 6.42 Å². The molecule has 1 aromatic heterocycles. The molecule has 3 rings (SSSR count). The number of imide groups is 1. The van der Waals surface area contributed by atoms with Crippen LogP contribution in [0.25, 0.3) is 10.9 Å². The molecule has 0 spiro atoms. The molecule has 0 atom stereocenters. The van der Waals surface area contributed by atoms with Crippen molar-refractivity contribution in [2.24, 2.45) is 0 Å². The lowest BCUT2D eigenvalue weighted by atomic mass is 10.2. The number of rotatable bonds is 1. The minimum absolute atomic E-state index is 0.256. The molecule has 0 aliphatic carbocycles. The Morgan fingerprint density at radius 1 is 1.26 bits per heavy atom. The maximum Gasteiger partial charge on any atom is 0.329 e. The molecule has 3 amide bonds. The number of nitrogens with one attached hydrogen (secondary N) is 1. The molecule has 7 heteroatoms. The SMILES string of the molecule is Nc1ccc2c(N3CCC(=O)NC3=O)ncnc2c1. The Hall–Kier alpha value is -2.70. The second kappa shape index (κ2) is 4.20. The minimum Gasteiger partial charge on any atom is -0.399 e. The van der Waals surface area contributed by atoms with Gasteiger partial charge in [-0.3, -0.25) is 15.0 Å². The van der Waals surface area contributed by atoms with Gasteiger partial charge in [0.1, 0.15) is 12.1 Å². The van der Waals surface area contributed by atoms with Gasteiger partial charge in [-0.05, 0) is 18.2 Å². The standard InChI is InChI=1S/C12H11N5O2/c13-7-1-2-8-9(5-7)14-6-15-11(8)17-4-3-10(18)16-12(17)19/h1-2,5-6H,3-4,13H2,(H,16,18,19). The van der Waals surface area contributed by atoms with Crippen LogP contribution in [-0.4, -0.2) is 28.5 Å². The lowest BCUT2D eigenvalue weighted by Crippen LogP contribution is -2.50. The molecule has 0 bridgehead atoms. The number of urea groups is 1. The number of hydrogen-bond acceptors (Lipinski definition) is 5. The topological polar surface area (TPSA) is 101 Å². The first-order valence-corrected chi connectivity index (χ1v) is 5.77. The monoisotopic (exact) mass is 257 g/mol. The van der Waals surface area contributed by atoms with Crippen LogP contribution in [0.4, 0.5) is 16.3 Å². The molecular formula is C12H11N5O2. The zero-order valence-corrected chi connectivity index (χ0v) is 9.96. The number of carbonyl (C=O) groups excluding carboxylic acids is 2. The van der Waals surface area contributed by atoms with Gasteiger partial charge in [-0.2, -0.15) is 0 Å². The predicted octanol–water partition coefficient (Wildman–Crippen LogP) is 0.658. The number of amides is 3. The van der Waals surface area contributed by atoms with Gasteiger partial charge in [0.15, 0.2) is 0 Å². The molecule has 0 unspecified atom stereocenters. The number of fused-ring (bicyclic) bond motifs is 1. The lowest BCUT2D eigenvalue weighted by molar-refractivity contribution is -0.120. The number of anilines is 2. The van der Waals surface area contributed by atoms with Crippen LogP contribution in [0.15, 0.2) is 24.5 Å². The summed E-state index contributed by atoms with van der Waals surface area (Å²) in [6.45, 7) is 0.307. The van der Waals surface area contributed by atoms with Crippen molar-refractivity contribution in [1.29, 1.82) is 0 Å². The van der Waals surface area contributed by atoms with Gasteiger partial charge in [0.2, 0.25) is 5.91 Å². The Morgan fingerprint density at radius 2 is 2.11 bits per heavy atom. The van der Waals surface area contributed by atoms with Crippen molar-refractivity contribution in [3.8, 4) is 0 Å². The number of nitrogen functional groups attached to an aromatic ring is 1. The number of nitrogens with two attached hydrogens (primary N) is 1. The zero-order valence-electron chi connectivity index (χ0n) is 9.96. The Morgan fingerprint density at radius 3 is 2.89 bits per heavy atom. The smallest absolute Gasteiger partial charge is 0.329 e. The number of hydrogen-bond donors (Lipinski definition) is 2. The molecule has 3 N–H and O–H groups in total. The van der Waals surface area contributed by atoms with E-state index in [-0.39, 0.29) is 12.3 Å². The van der Waals surface area contributed by atoms with Gasteiger partial charge in [-0.1, -0.05) is 0 Å². The molecule has 1 aliphatic heterocycles. The van der Waals surface area contributed by atoms with E-state index >= 15 is 0 Å². The van der Waals surface area contributed by atoms with E-state index in [2.05, 4.69) is 15.3 Å². The van der Waals surface area contributed by atoms with Gasteiger partial charge in [-0.15, -0.1) is 0 Å². The molecule has 1 fully saturated rings. The van der Waals surface area contributed by atoms with E-state index in [1.54, 1.807) is 18.2 Å². The van der Waals surface area contributed by atoms with E-state index < -0.39 is 6.03 Å². The third-order valence-corrected chi connectivity index (χ3v) is 2.95. The second-order valence-corrected chi connectivity index (χ2v) is 4.23. The van der Waals surface area contributed by atoms with E-state index in [1.807, 2.05) is 0 Å². The highest BCUT2D eigenvalue weighted by molar-refractivity contribution is 6.08. The van der Waals surface area contributed by atoms with Crippen molar-refractivity contribution >= 4 is 34.3 Å². The van der Waals surface area contributed by atoms with Crippen LogP contribution < -0.4 is 16.0 Å². The average Bonchev–Trinajstić information content (AvgIpc) is 2.38. The van der Waals surface area contributed by atoms with Gasteiger partial charge in [0.05, 0.1) is 5.52 Å². The normalized spacial score (nSPS) is 15.7. The first kappa shape index (κ1) is 11.4. The fraction of sp³-hybridized carbons (Fsp3) is 0.167. The fourth-order valence-corrected chi connectivity index (χ4v) is 2.04. The summed E-state index contributed by atoms with van der Waals surface area (Å²) < 4.78 is 0. The van der Waals surface area contributed by atoms with Crippen molar-refractivity contribution in [3.05, 3.63) is 24.5 Å². The molecule has 0 saturated carbocycles. The lowest BCUT2D eigenvalue weighted by Gasteiger charge is -2.26. The van der Waals surface area contributed by atoms with Gasteiger partial charge in [0, 0.05) is 24.0 Å². The molecule has 0 radical (unpaired) electrons. The number of benzene rings is 1. The second-order valence-electron chi connectivity index (χ2n) is 4.23. The van der Waals surface area contributed by atoms with Crippen LogP contribution in [0.2, 0.25) is 0 Å². The maximum absolute atomic E-state index is 11.8. The Labute approximate surface area is 108 Å². The molecule has 19 heavy (non-hydrogen) atoms. The summed E-state index contributed by atoms with van der Waals surface area (Å²) in [7, 11) is 0. The summed E-state index contributed by atoms with van der Waals surface area (Å²) in [5, 5.41) is 2.99. The summed E-state index contributed by atoms with van der Waals surface area (Å²) in [6, 6.07) is 4.74. The maximum atomic E-state index is 11.8. The van der Waals surface area contributed by atoms with E-state index in [9.17, 15) is 9.59 Å². The van der Waals surface area contributed by atoms with Gasteiger partial charge in [-0.25, -0.2) is 14.8 Å². The first-order valence-electron chi connectivity index (χ1n) is 5.77. The Bertz CT molecular complexity index is 685. The van der Waals surface area contributed by atoms with Crippen LogP contribution in [-0.2, 0) is 4.79 Å². The number of carbonyl (C=O) groups is 2. The van der Waals surface area contributed by atoms with Gasteiger partial charge >= 0.3 is 6.03 Å². The summed E-state index contributed by atoms with van der Waals surface area (Å²) in [6.07, 6.45) is 1.63. The first-order chi connectivity index (χ1) is 9.15. The van der Waals surface area contributed by atoms with Crippen molar-refractivity contribution in [1.82, 2.24) is 15.3 Å². The Kier molecular flexibility index (Phi) is 2.52. The third-order valence-electron chi connectivity index (χ3n) is 2.95. The highest BCUT2D eigenvalue weighted by Gasteiger charge is 2.26. The van der Waals surface area contributed by atoms with Crippen molar-refractivity contribution in [2.75, 3.05) is 17.2 Å². The van der Waals surface area contributed by atoms with Crippen molar-refractivity contribution in [2.45, 2.75) is 6.42 Å². The van der Waals surface area contributed by atoms with E-state index in [1.165, 1.54) is 11.2 Å². The summed E-state index contributed by atoms with van der Waals surface area (Å²) >= 11 is 0. The van der Waals surface area contributed by atoms with Gasteiger partial charge < -0.3 is 5.73 Å². The molecule has 2 aromatic rings. The largest absolute Gasteiger partial charge is 0.399 e. The molecule has 1 aromatic carbocycles. The third kappa shape index (κ3) is 1.95. The number of aromatic nitrogens is 2. The van der Waals surface area contributed by atoms with Crippen LogP contribution >= 0.6 is 0 Å². The van der Waals surface area contributed by atoms with Crippen LogP contribution in [0.3, 0.4) is 0 Å². The van der Waals surface area contributed by atoms with E-state index in [0.29, 0.717) is 23.6 Å². The fourth-order valence-electron chi connectivity index (χ4n) is 2.04. The molecule has 2 heterocycles. The summed E-state index contributed by atoms with van der Waals surface area (Å²) in [4.78, 5) is 32.7. The van der Waals surface area contributed by atoms with Crippen LogP contribution in [0, 0.1) is 0 Å². The minimum atomic E-state index is -0.465.